The van der Waals surface area contributed by atoms with Crippen molar-refractivity contribution >= 4 is 17.6 Å². The van der Waals surface area contributed by atoms with Gasteiger partial charge >= 0.3 is 5.97 Å². The maximum atomic E-state index is 9.83. The maximum Gasteiger partial charge on any atom is 0.303 e. The lowest BCUT2D eigenvalue weighted by Gasteiger charge is -1.88. The van der Waals surface area contributed by atoms with Crippen LogP contribution in [0.1, 0.15) is 19.3 Å². The van der Waals surface area contributed by atoms with Crippen molar-refractivity contribution in [3.8, 4) is 0 Å². The Bertz CT molecular complexity index is 202. The topological polar surface area (TPSA) is 50.2 Å². The highest BCUT2D eigenvalue weighted by Crippen LogP contribution is 1.95. The first-order valence-electron chi connectivity index (χ1n) is 4.40. The Morgan fingerprint density at radius 1 is 1.21 bits per heavy atom. The predicted octanol–water partition coefficient (Wildman–Crippen LogP) is 2.56. The monoisotopic (exact) mass is 215 g/mol. The molecule has 1 N–H and O–H groups in total. The normalized spacial score (nSPS) is 8.64. The van der Waals surface area contributed by atoms with Crippen LogP contribution in [0.15, 0.2) is 30.6 Å². The Hall–Kier alpha value is -1.09. The second kappa shape index (κ2) is 9.99. The number of hydrogen-bond donors (Lipinski definition) is 1. The fourth-order valence-electron chi connectivity index (χ4n) is 0.683. The number of carboxylic acid groups (broad SMARTS) is 1. The molecule has 0 atom stereocenters. The molecule has 78 valence electrons. The van der Waals surface area contributed by atoms with Gasteiger partial charge in [-0.15, -0.1) is 11.6 Å². The highest BCUT2D eigenvalue weighted by molar-refractivity contribution is 6.17. The van der Waals surface area contributed by atoms with E-state index in [9.17, 15) is 4.79 Å². The summed E-state index contributed by atoms with van der Waals surface area (Å²) < 4.78 is 0. The average molecular weight is 216 g/mol. The first-order valence-corrected chi connectivity index (χ1v) is 4.93. The Balaban J connectivity index is 0.000000249. The summed E-state index contributed by atoms with van der Waals surface area (Å²) in [4.78, 5) is 13.6. The number of halogens is 1. The number of carboxylic acids is 1. The van der Waals surface area contributed by atoms with Gasteiger partial charge < -0.3 is 5.11 Å². The Labute approximate surface area is 88.7 Å². The van der Waals surface area contributed by atoms with E-state index in [-0.39, 0.29) is 6.42 Å². The minimum absolute atomic E-state index is 0.243. The third-order valence-electron chi connectivity index (χ3n) is 1.34. The number of nitrogens with zero attached hydrogens (tertiary/aromatic N) is 1. The van der Waals surface area contributed by atoms with Crippen LogP contribution >= 0.6 is 11.6 Å². The molecule has 0 bridgehead atoms. The summed E-state index contributed by atoms with van der Waals surface area (Å²) in [6, 6.07) is 5.72. The van der Waals surface area contributed by atoms with E-state index in [4.69, 9.17) is 16.7 Å². The van der Waals surface area contributed by atoms with Gasteiger partial charge in [0.25, 0.3) is 0 Å². The third-order valence-corrected chi connectivity index (χ3v) is 1.61. The summed E-state index contributed by atoms with van der Waals surface area (Å²) >= 11 is 5.29. The second-order valence-electron chi connectivity index (χ2n) is 2.56. The van der Waals surface area contributed by atoms with Crippen molar-refractivity contribution in [2.45, 2.75) is 19.3 Å². The molecule has 0 spiro atoms. The van der Waals surface area contributed by atoms with Gasteiger partial charge in [-0.1, -0.05) is 6.07 Å². The number of alkyl halides is 1. The Morgan fingerprint density at radius 2 is 1.86 bits per heavy atom. The molecule has 0 amide bonds. The molecule has 1 heterocycles. The van der Waals surface area contributed by atoms with E-state index in [2.05, 4.69) is 4.98 Å². The summed E-state index contributed by atoms with van der Waals surface area (Å²) in [6.45, 7) is 0. The van der Waals surface area contributed by atoms with E-state index in [1.54, 1.807) is 12.4 Å². The number of rotatable bonds is 4. The Kier molecular flexibility index (Phi) is 9.22. The first kappa shape index (κ1) is 12.9. The van der Waals surface area contributed by atoms with E-state index >= 15 is 0 Å². The molecule has 0 aromatic carbocycles. The third kappa shape index (κ3) is 10.9. The second-order valence-corrected chi connectivity index (χ2v) is 2.94. The molecule has 0 radical (unpaired) electrons. The lowest BCUT2D eigenvalue weighted by atomic mass is 10.3. The SMILES string of the molecule is O=C(O)CCCCCl.c1ccncc1. The maximum absolute atomic E-state index is 9.83. The summed E-state index contributed by atoms with van der Waals surface area (Å²) in [5.41, 5.74) is 0. The molecule has 4 heteroatoms. The molecule has 0 aliphatic rings. The molecule has 14 heavy (non-hydrogen) atoms. The van der Waals surface area contributed by atoms with Crippen molar-refractivity contribution in [1.82, 2.24) is 4.98 Å². The molecule has 1 aromatic heterocycles. The highest BCUT2D eigenvalue weighted by atomic mass is 35.5. The molecule has 1 aromatic rings. The first-order chi connectivity index (χ1) is 6.77. The van der Waals surface area contributed by atoms with Crippen LogP contribution in [0.3, 0.4) is 0 Å². The zero-order valence-corrected chi connectivity index (χ0v) is 8.65. The number of carbonyl (C=O) groups is 1. The van der Waals surface area contributed by atoms with Crippen LogP contribution in [-0.2, 0) is 4.79 Å². The van der Waals surface area contributed by atoms with Gasteiger partial charge in [0, 0.05) is 24.7 Å². The molecule has 0 aliphatic heterocycles. The minimum atomic E-state index is -0.741. The van der Waals surface area contributed by atoms with Crippen molar-refractivity contribution in [1.29, 1.82) is 0 Å². The van der Waals surface area contributed by atoms with Crippen molar-refractivity contribution < 1.29 is 9.90 Å². The lowest BCUT2D eigenvalue weighted by molar-refractivity contribution is -0.137. The van der Waals surface area contributed by atoms with Crippen LogP contribution in [0.2, 0.25) is 0 Å². The summed E-state index contributed by atoms with van der Waals surface area (Å²) in [5.74, 6) is -0.178. The fraction of sp³-hybridized carbons (Fsp3) is 0.400. The van der Waals surface area contributed by atoms with Crippen LogP contribution in [0, 0.1) is 0 Å². The zero-order chi connectivity index (χ0) is 10.6. The summed E-state index contributed by atoms with van der Waals surface area (Å²) in [5, 5.41) is 8.10. The van der Waals surface area contributed by atoms with Crippen molar-refractivity contribution in [3.05, 3.63) is 30.6 Å². The molecule has 0 aliphatic carbocycles. The number of aromatic nitrogens is 1. The van der Waals surface area contributed by atoms with Crippen LogP contribution in [-0.4, -0.2) is 21.9 Å². The van der Waals surface area contributed by atoms with E-state index in [1.165, 1.54) is 0 Å². The zero-order valence-electron chi connectivity index (χ0n) is 7.90. The minimum Gasteiger partial charge on any atom is -0.481 e. The van der Waals surface area contributed by atoms with E-state index in [0.29, 0.717) is 12.3 Å². The largest absolute Gasteiger partial charge is 0.481 e. The Morgan fingerprint density at radius 3 is 2.14 bits per heavy atom. The quantitative estimate of drug-likeness (QED) is 0.620. The van der Waals surface area contributed by atoms with Gasteiger partial charge in [-0.3, -0.25) is 9.78 Å². The van der Waals surface area contributed by atoms with Gasteiger partial charge in [-0.05, 0) is 25.0 Å². The number of pyridine rings is 1. The average Bonchev–Trinajstić information content (AvgIpc) is 2.21. The fourth-order valence-corrected chi connectivity index (χ4v) is 0.872. The van der Waals surface area contributed by atoms with Crippen molar-refractivity contribution in [3.63, 3.8) is 0 Å². The molecular formula is C10H14ClNO2. The molecule has 1 rings (SSSR count). The van der Waals surface area contributed by atoms with Gasteiger partial charge in [0.15, 0.2) is 0 Å². The van der Waals surface area contributed by atoms with E-state index < -0.39 is 5.97 Å². The van der Waals surface area contributed by atoms with Gasteiger partial charge in [-0.25, -0.2) is 0 Å². The van der Waals surface area contributed by atoms with E-state index in [1.807, 2.05) is 18.2 Å². The van der Waals surface area contributed by atoms with Crippen molar-refractivity contribution in [2.75, 3.05) is 5.88 Å². The predicted molar refractivity (Wildman–Crippen MR) is 56.4 cm³/mol. The number of aliphatic carboxylic acids is 1. The van der Waals surface area contributed by atoms with Gasteiger partial charge in [0.1, 0.15) is 0 Å². The van der Waals surface area contributed by atoms with Crippen LogP contribution in [0.4, 0.5) is 0 Å². The van der Waals surface area contributed by atoms with Gasteiger partial charge in [0.05, 0.1) is 0 Å². The number of unbranched alkanes of at least 4 members (excludes halogenated alkanes) is 1. The molecule has 3 nitrogen and oxygen atoms in total. The van der Waals surface area contributed by atoms with Crippen LogP contribution < -0.4 is 0 Å². The van der Waals surface area contributed by atoms with Gasteiger partial charge in [0.2, 0.25) is 0 Å². The summed E-state index contributed by atoms with van der Waals surface area (Å²) in [6.07, 6.45) is 5.24. The van der Waals surface area contributed by atoms with Gasteiger partial charge in [-0.2, -0.15) is 0 Å². The molecule has 0 saturated carbocycles. The van der Waals surface area contributed by atoms with Crippen molar-refractivity contribution in [2.24, 2.45) is 0 Å². The summed E-state index contributed by atoms with van der Waals surface area (Å²) in [7, 11) is 0. The van der Waals surface area contributed by atoms with Crippen LogP contribution in [0.25, 0.3) is 0 Å². The lowest BCUT2D eigenvalue weighted by Crippen LogP contribution is -1.93. The standard InChI is InChI=1S/C5H9ClO2.C5H5N/c6-4-2-1-3-5(7)8;1-2-4-6-5-3-1/h1-4H2,(H,7,8);1-5H. The molecule has 0 fully saturated rings. The number of hydrogen-bond acceptors (Lipinski definition) is 2. The molecule has 0 unspecified atom stereocenters. The van der Waals surface area contributed by atoms with Crippen LogP contribution in [0.5, 0.6) is 0 Å². The molecule has 0 saturated heterocycles. The smallest absolute Gasteiger partial charge is 0.303 e. The molecular weight excluding hydrogens is 202 g/mol. The highest BCUT2D eigenvalue weighted by Gasteiger charge is 1.93. The van der Waals surface area contributed by atoms with E-state index in [0.717, 1.165) is 6.42 Å².